The maximum Gasteiger partial charge on any atom is 0.408 e. The molecule has 0 aromatic carbocycles. The van der Waals surface area contributed by atoms with Crippen LogP contribution >= 0.6 is 0 Å². The fraction of sp³-hybridized carbons (Fsp3) is 0.867. The lowest BCUT2D eigenvalue weighted by atomic mass is 9.79. The highest BCUT2D eigenvalue weighted by Crippen LogP contribution is 2.65. The highest BCUT2D eigenvalue weighted by Gasteiger charge is 2.69. The van der Waals surface area contributed by atoms with Crippen molar-refractivity contribution in [2.75, 3.05) is 6.54 Å². The number of hydrogen-bond donors (Lipinski definition) is 3. The molecule has 5 unspecified atom stereocenters. The predicted molar refractivity (Wildman–Crippen MR) is 147 cm³/mol. The summed E-state index contributed by atoms with van der Waals surface area (Å²) in [5.74, 6) is -0.378. The third-order valence-electron chi connectivity index (χ3n) is 9.76. The molecule has 3 amide bonds. The first-order valence-corrected chi connectivity index (χ1v) is 15.0. The van der Waals surface area contributed by atoms with E-state index in [4.69, 9.17) is 4.74 Å². The lowest BCUT2D eigenvalue weighted by Crippen LogP contribution is -2.60. The number of carbonyl (C=O) groups is 4. The standard InChI is InChI=1S/C30H49N3O6/c1-17(34)25(35)21(15-18-11-10-12-18)31-26(36)24-22-20(30(22,5)6)16-33(24)27(37)23(19-13-8-7-9-14-19)32-28(38)39-29(2,3)4/h18-25,35H,7-16H2,1-6H3,(H,31,36)(H,32,38)/t20?,21?,22?,23?,24-,25?/m0/s1. The predicted octanol–water partition coefficient (Wildman–Crippen LogP) is 3.57. The van der Waals surface area contributed by atoms with Crippen molar-refractivity contribution >= 4 is 23.7 Å². The number of piperidine rings is 1. The number of amides is 3. The summed E-state index contributed by atoms with van der Waals surface area (Å²) in [6, 6.07) is -2.14. The van der Waals surface area contributed by atoms with Crippen molar-refractivity contribution in [1.29, 1.82) is 0 Å². The Labute approximate surface area is 233 Å². The van der Waals surface area contributed by atoms with E-state index < -0.39 is 35.9 Å². The average Bonchev–Trinajstić information content (AvgIpc) is 3.15. The molecule has 6 atom stereocenters. The Morgan fingerprint density at radius 2 is 1.64 bits per heavy atom. The van der Waals surface area contributed by atoms with Crippen LogP contribution in [-0.2, 0) is 19.1 Å². The Hall–Kier alpha value is -2.16. The summed E-state index contributed by atoms with van der Waals surface area (Å²) in [5, 5.41) is 16.5. The highest BCUT2D eigenvalue weighted by molar-refractivity contribution is 5.93. The topological polar surface area (TPSA) is 125 Å². The third kappa shape index (κ3) is 6.60. The van der Waals surface area contributed by atoms with Gasteiger partial charge < -0.3 is 25.4 Å². The van der Waals surface area contributed by atoms with E-state index in [2.05, 4.69) is 24.5 Å². The van der Waals surface area contributed by atoms with Gasteiger partial charge in [-0.2, -0.15) is 0 Å². The lowest BCUT2D eigenvalue weighted by Gasteiger charge is -2.38. The van der Waals surface area contributed by atoms with E-state index >= 15 is 0 Å². The third-order valence-corrected chi connectivity index (χ3v) is 9.76. The average molecular weight is 548 g/mol. The van der Waals surface area contributed by atoms with Gasteiger partial charge in [0, 0.05) is 6.54 Å². The number of ether oxygens (including phenoxy) is 1. The van der Waals surface area contributed by atoms with Crippen molar-refractivity contribution in [2.45, 2.75) is 129 Å². The molecular formula is C30H49N3O6. The summed E-state index contributed by atoms with van der Waals surface area (Å²) in [6.07, 6.45) is 6.62. The molecule has 3 saturated carbocycles. The molecule has 9 nitrogen and oxygen atoms in total. The lowest BCUT2D eigenvalue weighted by molar-refractivity contribution is -0.144. The number of rotatable bonds is 9. The van der Waals surface area contributed by atoms with Gasteiger partial charge in [-0.15, -0.1) is 0 Å². The molecule has 0 bridgehead atoms. The van der Waals surface area contributed by atoms with Crippen LogP contribution in [0.25, 0.3) is 0 Å². The highest BCUT2D eigenvalue weighted by atomic mass is 16.6. The molecule has 1 heterocycles. The maximum absolute atomic E-state index is 14.2. The van der Waals surface area contributed by atoms with Gasteiger partial charge in [0.2, 0.25) is 11.8 Å². The number of nitrogens with one attached hydrogen (secondary N) is 2. The van der Waals surface area contributed by atoms with Crippen LogP contribution in [0.2, 0.25) is 0 Å². The number of alkyl carbamates (subject to hydrolysis) is 1. The molecule has 4 fully saturated rings. The molecule has 3 N–H and O–H groups in total. The first-order chi connectivity index (χ1) is 18.2. The van der Waals surface area contributed by atoms with Crippen molar-refractivity contribution in [1.82, 2.24) is 15.5 Å². The van der Waals surface area contributed by atoms with Gasteiger partial charge in [0.25, 0.3) is 0 Å². The molecule has 3 aliphatic carbocycles. The van der Waals surface area contributed by atoms with Crippen molar-refractivity contribution in [3.05, 3.63) is 0 Å². The van der Waals surface area contributed by atoms with E-state index in [1.807, 2.05) is 0 Å². The van der Waals surface area contributed by atoms with Crippen LogP contribution in [0.15, 0.2) is 0 Å². The number of aliphatic hydroxyl groups excluding tert-OH is 1. The second-order valence-electron chi connectivity index (χ2n) is 14.1. The zero-order valence-electron chi connectivity index (χ0n) is 24.6. The summed E-state index contributed by atoms with van der Waals surface area (Å²) in [7, 11) is 0. The minimum Gasteiger partial charge on any atom is -0.444 e. The van der Waals surface area contributed by atoms with E-state index in [9.17, 15) is 24.3 Å². The molecule has 39 heavy (non-hydrogen) atoms. The zero-order chi connectivity index (χ0) is 28.7. The molecule has 0 aromatic heterocycles. The largest absolute Gasteiger partial charge is 0.444 e. The van der Waals surface area contributed by atoms with Crippen LogP contribution in [-0.4, -0.2) is 70.1 Å². The molecule has 4 rings (SSSR count). The SMILES string of the molecule is CC(=O)C(O)C(CC1CCC1)NC(=O)[C@@H]1C2C(CN1C(=O)C(NC(=O)OC(C)(C)C)C1CCCCC1)C2(C)C. The van der Waals surface area contributed by atoms with Crippen LogP contribution in [0, 0.1) is 29.1 Å². The van der Waals surface area contributed by atoms with Gasteiger partial charge in [-0.1, -0.05) is 52.4 Å². The number of likely N-dealkylation sites (tertiary alicyclic amines) is 1. The van der Waals surface area contributed by atoms with Crippen molar-refractivity contribution < 1.29 is 29.0 Å². The fourth-order valence-corrected chi connectivity index (χ4v) is 7.18. The maximum atomic E-state index is 14.2. The summed E-state index contributed by atoms with van der Waals surface area (Å²) in [6.45, 7) is 11.4. The smallest absolute Gasteiger partial charge is 0.408 e. The second kappa shape index (κ2) is 11.4. The molecule has 0 spiro atoms. The number of aliphatic hydroxyl groups is 1. The molecular weight excluding hydrogens is 498 g/mol. The van der Waals surface area contributed by atoms with Crippen LogP contribution in [0.5, 0.6) is 0 Å². The van der Waals surface area contributed by atoms with Gasteiger partial charge in [0.15, 0.2) is 5.78 Å². The van der Waals surface area contributed by atoms with Gasteiger partial charge >= 0.3 is 6.09 Å². The normalized spacial score (nSPS) is 28.9. The minimum absolute atomic E-state index is 0.00573. The van der Waals surface area contributed by atoms with Crippen LogP contribution in [0.4, 0.5) is 4.79 Å². The summed E-state index contributed by atoms with van der Waals surface area (Å²) < 4.78 is 5.50. The van der Waals surface area contributed by atoms with E-state index in [0.29, 0.717) is 18.9 Å². The molecule has 9 heteroatoms. The van der Waals surface area contributed by atoms with Gasteiger partial charge in [0.05, 0.1) is 6.04 Å². The number of carbonyl (C=O) groups excluding carboxylic acids is 4. The quantitative estimate of drug-likeness (QED) is 0.405. The molecule has 4 aliphatic rings. The second-order valence-corrected chi connectivity index (χ2v) is 14.1. The van der Waals surface area contributed by atoms with E-state index in [1.165, 1.54) is 6.92 Å². The summed E-state index contributed by atoms with van der Waals surface area (Å²) in [4.78, 5) is 54.6. The minimum atomic E-state index is -1.27. The first kappa shape index (κ1) is 29.8. The monoisotopic (exact) mass is 547 g/mol. The van der Waals surface area contributed by atoms with Gasteiger partial charge in [-0.05, 0) is 76.0 Å². The number of Topliss-reactive ketones (excluding diaryl/α,β-unsaturated/α-hetero) is 1. The number of ketones is 1. The molecule has 0 radical (unpaired) electrons. The summed E-state index contributed by atoms with van der Waals surface area (Å²) in [5.41, 5.74) is -0.778. The van der Waals surface area contributed by atoms with E-state index in [-0.39, 0.29) is 40.8 Å². The summed E-state index contributed by atoms with van der Waals surface area (Å²) >= 11 is 0. The Balaban J connectivity index is 1.55. The molecule has 1 saturated heterocycles. The van der Waals surface area contributed by atoms with Gasteiger partial charge in [-0.3, -0.25) is 14.4 Å². The van der Waals surface area contributed by atoms with Crippen LogP contribution < -0.4 is 10.6 Å². The number of hydrogen-bond acceptors (Lipinski definition) is 6. The first-order valence-electron chi connectivity index (χ1n) is 15.0. The molecule has 1 aliphatic heterocycles. The Bertz CT molecular complexity index is 949. The fourth-order valence-electron chi connectivity index (χ4n) is 7.18. The van der Waals surface area contributed by atoms with Gasteiger partial charge in [-0.25, -0.2) is 4.79 Å². The zero-order valence-corrected chi connectivity index (χ0v) is 24.6. The Kier molecular flexibility index (Phi) is 8.70. The van der Waals surface area contributed by atoms with Crippen molar-refractivity contribution in [2.24, 2.45) is 29.1 Å². The van der Waals surface area contributed by atoms with Gasteiger partial charge in [0.1, 0.15) is 23.8 Å². The number of nitrogens with zero attached hydrogens (tertiary/aromatic N) is 1. The number of fused-ring (bicyclic) bond motifs is 1. The Morgan fingerprint density at radius 1 is 1.00 bits per heavy atom. The van der Waals surface area contributed by atoms with Crippen LogP contribution in [0.3, 0.4) is 0 Å². The van der Waals surface area contributed by atoms with E-state index in [1.54, 1.807) is 25.7 Å². The van der Waals surface area contributed by atoms with Crippen molar-refractivity contribution in [3.8, 4) is 0 Å². The van der Waals surface area contributed by atoms with Crippen LogP contribution in [0.1, 0.15) is 99.3 Å². The van der Waals surface area contributed by atoms with E-state index in [0.717, 1.165) is 51.4 Å². The Morgan fingerprint density at radius 3 is 2.18 bits per heavy atom. The molecule has 220 valence electrons. The molecule has 0 aromatic rings. The van der Waals surface area contributed by atoms with Crippen molar-refractivity contribution in [3.63, 3.8) is 0 Å².